The SMILES string of the molecule is C[Si](C)=[Hf]([Cl])[Cl].c1ccc(-c2cc[cH-]c2)cc1.c1ccc(-c2cc[cH-]c2)cc1. The minimum atomic E-state index is -1.78. The van der Waals surface area contributed by atoms with Crippen molar-refractivity contribution in [2.75, 3.05) is 0 Å². The van der Waals surface area contributed by atoms with E-state index in [2.05, 4.69) is 110 Å². The molecule has 0 atom stereocenters. The van der Waals surface area contributed by atoms with Crippen LogP contribution >= 0.6 is 17.2 Å². The van der Waals surface area contributed by atoms with Gasteiger partial charge in [-0.15, -0.1) is 0 Å². The molecule has 0 radical (unpaired) electrons. The molecule has 4 rings (SSSR count). The molecule has 4 aromatic carbocycles. The van der Waals surface area contributed by atoms with E-state index in [4.69, 9.17) is 17.2 Å². The summed E-state index contributed by atoms with van der Waals surface area (Å²) in [6, 6.07) is 37.5. The zero-order valence-corrected chi connectivity index (χ0v) is 22.3. The van der Waals surface area contributed by atoms with Crippen molar-refractivity contribution in [1.29, 1.82) is 0 Å². The Labute approximate surface area is 183 Å². The minimum absolute atomic E-state index is 0.208. The predicted octanol–water partition coefficient (Wildman–Crippen LogP) is 8.31. The van der Waals surface area contributed by atoms with E-state index in [-0.39, 0.29) is 5.49 Å². The molecule has 0 N–H and O–H groups in total. The van der Waals surface area contributed by atoms with Crippen molar-refractivity contribution in [3.05, 3.63) is 109 Å². The van der Waals surface area contributed by atoms with Crippen LogP contribution in [-0.4, -0.2) is 5.49 Å². The second-order valence-electron chi connectivity index (χ2n) is 6.34. The topological polar surface area (TPSA) is 0 Å². The maximum Gasteiger partial charge on any atom is -0.0623 e. The van der Waals surface area contributed by atoms with Crippen molar-refractivity contribution in [3.63, 3.8) is 0 Å². The second-order valence-corrected chi connectivity index (χ2v) is 38.0. The first-order valence-electron chi connectivity index (χ1n) is 9.10. The van der Waals surface area contributed by atoms with Crippen molar-refractivity contribution in [1.82, 2.24) is 0 Å². The Kier molecular flexibility index (Phi) is 10.8. The number of halogens is 2. The van der Waals surface area contributed by atoms with Crippen LogP contribution in [0.25, 0.3) is 22.3 Å². The number of rotatable bonds is 2. The van der Waals surface area contributed by atoms with Gasteiger partial charge in [-0.2, -0.15) is 47.5 Å². The fraction of sp³-hybridized carbons (Fsp3) is 0.0833. The van der Waals surface area contributed by atoms with Crippen LogP contribution in [0.5, 0.6) is 0 Å². The molecule has 0 heterocycles. The molecule has 28 heavy (non-hydrogen) atoms. The maximum atomic E-state index is 5.64. The molecule has 0 saturated carbocycles. The first-order valence-corrected chi connectivity index (χ1v) is 25.9. The molecule has 0 amide bonds. The van der Waals surface area contributed by atoms with Crippen molar-refractivity contribution in [2.45, 2.75) is 13.1 Å². The van der Waals surface area contributed by atoms with Gasteiger partial charge in [0.2, 0.25) is 0 Å². The molecule has 0 spiro atoms. The Balaban J connectivity index is 0.000000158. The van der Waals surface area contributed by atoms with E-state index in [0.29, 0.717) is 0 Å². The van der Waals surface area contributed by atoms with Gasteiger partial charge in [-0.3, -0.25) is 0 Å². The van der Waals surface area contributed by atoms with Gasteiger partial charge in [-0.05, 0) is 0 Å². The molecule has 0 nitrogen and oxygen atoms in total. The van der Waals surface area contributed by atoms with Crippen LogP contribution in [0.1, 0.15) is 0 Å². The fourth-order valence-electron chi connectivity index (χ4n) is 2.39. The van der Waals surface area contributed by atoms with Gasteiger partial charge in [0.25, 0.3) is 0 Å². The molecule has 0 bridgehead atoms. The third-order valence-electron chi connectivity index (χ3n) is 3.92. The van der Waals surface area contributed by atoms with Crippen molar-refractivity contribution < 1.29 is 17.7 Å². The van der Waals surface area contributed by atoms with Gasteiger partial charge in [0.15, 0.2) is 0 Å². The molecule has 0 unspecified atom stereocenters. The average Bonchev–Trinajstić information content (AvgIpc) is 3.45. The van der Waals surface area contributed by atoms with Crippen molar-refractivity contribution >= 4 is 22.6 Å². The summed E-state index contributed by atoms with van der Waals surface area (Å²) >= 11 is -1.78. The van der Waals surface area contributed by atoms with E-state index in [1.807, 2.05) is 12.1 Å². The summed E-state index contributed by atoms with van der Waals surface area (Å²) in [5, 5.41) is 0. The Bertz CT molecular complexity index is 841. The third kappa shape index (κ3) is 8.44. The summed E-state index contributed by atoms with van der Waals surface area (Å²) < 4.78 is 0. The molecule has 144 valence electrons. The Hall–Kier alpha value is -1.19. The molecule has 4 heteroatoms. The van der Waals surface area contributed by atoms with Gasteiger partial charge in [-0.1, -0.05) is 71.8 Å². The summed E-state index contributed by atoms with van der Waals surface area (Å²) in [6.45, 7) is 4.35. The first kappa shape index (κ1) is 23.1. The standard InChI is InChI=1S/2C11H9.C2H6Si.2ClH.Hf/c2*1-2-6-10(7-3-1)11-8-4-5-9-11;1-3-2;;;/h2*1-9H;1-2H3;2*1H;/q2*-1;;;;+2/p-2. The van der Waals surface area contributed by atoms with E-state index in [1.54, 1.807) is 0 Å². The zero-order valence-electron chi connectivity index (χ0n) is 16.1. The van der Waals surface area contributed by atoms with Gasteiger partial charge in [0, 0.05) is 0 Å². The smallest absolute Gasteiger partial charge is 0.0623 e. The summed E-state index contributed by atoms with van der Waals surface area (Å²) in [6.07, 6.45) is 0. The number of hydrogen-bond acceptors (Lipinski definition) is 0. The molecule has 0 aliphatic heterocycles. The first-order chi connectivity index (χ1) is 13.6. The third-order valence-corrected chi connectivity index (χ3v) is 31.4. The zero-order chi connectivity index (χ0) is 20.2. The summed E-state index contributed by atoms with van der Waals surface area (Å²) in [5.74, 6) is 0. The Morgan fingerprint density at radius 3 is 1.21 bits per heavy atom. The van der Waals surface area contributed by atoms with Crippen LogP contribution in [0.4, 0.5) is 0 Å². The van der Waals surface area contributed by atoms with Crippen LogP contribution < -0.4 is 0 Å². The largest absolute Gasteiger partial charge is 0.206 e. The average molecular weight is 590 g/mol. The van der Waals surface area contributed by atoms with E-state index >= 15 is 0 Å². The molecule has 0 aliphatic carbocycles. The quantitative estimate of drug-likeness (QED) is 0.163. The van der Waals surface area contributed by atoms with Crippen LogP contribution in [0.15, 0.2) is 109 Å². The Morgan fingerprint density at radius 2 is 0.964 bits per heavy atom. The van der Waals surface area contributed by atoms with Crippen LogP contribution in [0.3, 0.4) is 0 Å². The van der Waals surface area contributed by atoms with Crippen LogP contribution in [0, 0.1) is 0 Å². The maximum absolute atomic E-state index is 5.64. The minimum Gasteiger partial charge on any atom is -0.206 e. The predicted molar refractivity (Wildman–Crippen MR) is 124 cm³/mol. The number of benzene rings is 2. The van der Waals surface area contributed by atoms with Crippen molar-refractivity contribution in [3.8, 4) is 22.3 Å². The number of hydrogen-bond donors (Lipinski definition) is 0. The monoisotopic (exact) mass is 590 g/mol. The molecule has 0 aromatic heterocycles. The van der Waals surface area contributed by atoms with E-state index in [1.165, 1.54) is 22.3 Å². The Morgan fingerprint density at radius 1 is 0.607 bits per heavy atom. The molecule has 0 saturated heterocycles. The van der Waals surface area contributed by atoms with Gasteiger partial charge in [0.05, 0.1) is 0 Å². The molecular weight excluding hydrogens is 566 g/mol. The van der Waals surface area contributed by atoms with Crippen LogP contribution in [-0.2, 0) is 17.7 Å². The summed E-state index contributed by atoms with van der Waals surface area (Å²) in [5.41, 5.74) is 4.96. The van der Waals surface area contributed by atoms with Crippen molar-refractivity contribution in [2.24, 2.45) is 0 Å². The fourth-order valence-corrected chi connectivity index (χ4v) is 2.39. The summed E-state index contributed by atoms with van der Waals surface area (Å²) in [4.78, 5) is 0. The molecule has 4 aromatic rings. The normalized spacial score (nSPS) is 9.43. The molecular formula is C24H24Cl2HfSi-2. The van der Waals surface area contributed by atoms with E-state index in [0.717, 1.165) is 0 Å². The van der Waals surface area contributed by atoms with Gasteiger partial charge < -0.3 is 0 Å². The second kappa shape index (κ2) is 13.1. The van der Waals surface area contributed by atoms with E-state index < -0.39 is 17.7 Å². The van der Waals surface area contributed by atoms with Crippen LogP contribution in [0.2, 0.25) is 13.1 Å². The molecule has 0 fully saturated rings. The van der Waals surface area contributed by atoms with E-state index in [9.17, 15) is 0 Å². The van der Waals surface area contributed by atoms with Gasteiger partial charge in [-0.25, -0.2) is 12.1 Å². The summed E-state index contributed by atoms with van der Waals surface area (Å²) in [7, 11) is 11.3. The van der Waals surface area contributed by atoms with Gasteiger partial charge in [0.1, 0.15) is 0 Å². The van der Waals surface area contributed by atoms with Gasteiger partial charge >= 0.3 is 53.4 Å². The molecule has 0 aliphatic rings.